The van der Waals surface area contributed by atoms with Gasteiger partial charge in [-0.1, -0.05) is 35.9 Å². The molecular formula is C20H15ClN2O4. The van der Waals surface area contributed by atoms with Crippen molar-refractivity contribution in [3.63, 3.8) is 0 Å². The van der Waals surface area contributed by atoms with E-state index in [2.05, 4.69) is 10.5 Å². The lowest BCUT2D eigenvalue weighted by atomic mass is 10.0. The minimum absolute atomic E-state index is 0.0821. The highest BCUT2D eigenvalue weighted by molar-refractivity contribution is 6.32. The molecule has 1 amide bonds. The van der Waals surface area contributed by atoms with Crippen molar-refractivity contribution in [2.45, 2.75) is 6.92 Å². The number of nitrogens with one attached hydrogen (secondary N) is 1. The molecular weight excluding hydrogens is 368 g/mol. The fraction of sp³-hybridized carbons (Fsp3) is 0.0500. The number of hydrogen-bond acceptors (Lipinski definition) is 5. The third-order valence-corrected chi connectivity index (χ3v) is 4.05. The Hall–Kier alpha value is -3.38. The van der Waals surface area contributed by atoms with Gasteiger partial charge in [-0.2, -0.15) is 5.10 Å². The molecule has 2 N–H and O–H groups in total. The van der Waals surface area contributed by atoms with Gasteiger partial charge in [0.15, 0.2) is 0 Å². The molecule has 0 aliphatic rings. The van der Waals surface area contributed by atoms with Crippen LogP contribution in [0.5, 0.6) is 11.5 Å². The largest absolute Gasteiger partial charge is 0.506 e. The van der Waals surface area contributed by atoms with Gasteiger partial charge in [-0.15, -0.1) is 0 Å². The average molecular weight is 383 g/mol. The smallest absolute Gasteiger partial charge is 0.308 e. The van der Waals surface area contributed by atoms with Crippen molar-refractivity contribution in [2.24, 2.45) is 5.10 Å². The number of phenolic OH excluding ortho intramolecular Hbond substituents is 1. The molecule has 0 saturated carbocycles. The number of carbonyl (C=O) groups excluding carboxylic acids is 2. The van der Waals surface area contributed by atoms with Gasteiger partial charge in [0.25, 0.3) is 5.91 Å². The summed E-state index contributed by atoms with van der Waals surface area (Å²) in [6, 6.07) is 14.9. The van der Waals surface area contributed by atoms with Crippen molar-refractivity contribution in [3.8, 4) is 11.5 Å². The maximum atomic E-state index is 12.1. The maximum absolute atomic E-state index is 12.1. The minimum Gasteiger partial charge on any atom is -0.506 e. The second-order valence-corrected chi connectivity index (χ2v) is 6.06. The van der Waals surface area contributed by atoms with Crippen molar-refractivity contribution < 1.29 is 19.4 Å². The van der Waals surface area contributed by atoms with Gasteiger partial charge in [0.1, 0.15) is 11.5 Å². The van der Waals surface area contributed by atoms with E-state index in [4.69, 9.17) is 16.3 Å². The van der Waals surface area contributed by atoms with Crippen molar-refractivity contribution in [1.29, 1.82) is 0 Å². The molecule has 3 aromatic rings. The SMILES string of the molecule is CC(=O)Oc1ccc(C=NNC(=O)c2ccc(O)c(Cl)c2)c2ccccc12. The average Bonchev–Trinajstić information content (AvgIpc) is 2.65. The number of esters is 1. The zero-order valence-corrected chi connectivity index (χ0v) is 15.0. The van der Waals surface area contributed by atoms with Crippen molar-refractivity contribution in [3.05, 3.63) is 70.7 Å². The fourth-order valence-electron chi connectivity index (χ4n) is 2.52. The summed E-state index contributed by atoms with van der Waals surface area (Å²) in [5.74, 6) is -0.510. The highest BCUT2D eigenvalue weighted by Crippen LogP contribution is 2.28. The van der Waals surface area contributed by atoms with E-state index < -0.39 is 11.9 Å². The van der Waals surface area contributed by atoms with Crippen LogP contribution in [0.4, 0.5) is 0 Å². The van der Waals surface area contributed by atoms with Gasteiger partial charge in [0.05, 0.1) is 11.2 Å². The number of ether oxygens (including phenoxy) is 1. The van der Waals surface area contributed by atoms with Crippen molar-refractivity contribution in [1.82, 2.24) is 5.43 Å². The number of aromatic hydroxyl groups is 1. The van der Waals surface area contributed by atoms with Crippen LogP contribution < -0.4 is 10.2 Å². The predicted octanol–water partition coefficient (Wildman–Crippen LogP) is 3.89. The number of benzene rings is 3. The van der Waals surface area contributed by atoms with E-state index in [1.54, 1.807) is 12.1 Å². The molecule has 3 aromatic carbocycles. The second-order valence-electron chi connectivity index (χ2n) is 5.66. The summed E-state index contributed by atoms with van der Waals surface area (Å²) in [7, 11) is 0. The summed E-state index contributed by atoms with van der Waals surface area (Å²) in [4.78, 5) is 23.4. The van der Waals surface area contributed by atoms with E-state index in [1.165, 1.54) is 31.3 Å². The number of amides is 1. The Kier molecular flexibility index (Phi) is 5.38. The Morgan fingerprint density at radius 1 is 1.11 bits per heavy atom. The van der Waals surface area contributed by atoms with Gasteiger partial charge in [0.2, 0.25) is 0 Å². The number of nitrogens with zero attached hydrogens (tertiary/aromatic N) is 1. The van der Waals surface area contributed by atoms with Gasteiger partial charge in [0, 0.05) is 23.4 Å². The molecule has 0 aliphatic heterocycles. The van der Waals surface area contributed by atoms with Crippen LogP contribution in [0.2, 0.25) is 5.02 Å². The third-order valence-electron chi connectivity index (χ3n) is 3.75. The first-order valence-electron chi connectivity index (χ1n) is 7.98. The summed E-state index contributed by atoms with van der Waals surface area (Å²) in [6.07, 6.45) is 1.50. The zero-order chi connectivity index (χ0) is 19.4. The Morgan fingerprint density at radius 2 is 1.85 bits per heavy atom. The van der Waals surface area contributed by atoms with Crippen LogP contribution in [0.3, 0.4) is 0 Å². The first-order chi connectivity index (χ1) is 13.0. The van der Waals surface area contributed by atoms with E-state index in [0.29, 0.717) is 5.75 Å². The molecule has 6 nitrogen and oxygen atoms in total. The number of halogens is 1. The standard InChI is InChI=1S/C20H15ClN2O4/c1-12(24)27-19-9-7-14(15-4-2-3-5-16(15)19)11-22-23-20(26)13-6-8-18(25)17(21)10-13/h2-11,25H,1H3,(H,23,26). The van der Waals surface area contributed by atoms with Crippen LogP contribution in [-0.4, -0.2) is 23.2 Å². The van der Waals surface area contributed by atoms with E-state index in [1.807, 2.05) is 24.3 Å². The summed E-state index contributed by atoms with van der Waals surface area (Å²) >= 11 is 5.80. The first-order valence-corrected chi connectivity index (χ1v) is 8.35. The molecule has 27 heavy (non-hydrogen) atoms. The van der Waals surface area contributed by atoms with Crippen LogP contribution >= 0.6 is 11.6 Å². The molecule has 7 heteroatoms. The van der Waals surface area contributed by atoms with E-state index in [0.717, 1.165) is 16.3 Å². The lowest BCUT2D eigenvalue weighted by Gasteiger charge is -2.08. The molecule has 0 bridgehead atoms. The van der Waals surface area contributed by atoms with Gasteiger partial charge >= 0.3 is 5.97 Å². The molecule has 0 aromatic heterocycles. The van der Waals surface area contributed by atoms with Gasteiger partial charge in [-0.3, -0.25) is 9.59 Å². The topological polar surface area (TPSA) is 88.0 Å². The summed E-state index contributed by atoms with van der Waals surface area (Å²) in [5.41, 5.74) is 3.42. The second kappa shape index (κ2) is 7.88. The first kappa shape index (κ1) is 18.4. The van der Waals surface area contributed by atoms with Gasteiger partial charge < -0.3 is 9.84 Å². The Bertz CT molecular complexity index is 1060. The van der Waals surface area contributed by atoms with E-state index in [9.17, 15) is 14.7 Å². The molecule has 0 aliphatic carbocycles. The molecule has 0 fully saturated rings. The number of phenols is 1. The van der Waals surface area contributed by atoms with E-state index in [-0.39, 0.29) is 16.3 Å². The summed E-state index contributed by atoms with van der Waals surface area (Å²) in [6.45, 7) is 1.34. The highest BCUT2D eigenvalue weighted by atomic mass is 35.5. The maximum Gasteiger partial charge on any atom is 0.308 e. The lowest BCUT2D eigenvalue weighted by molar-refractivity contribution is -0.131. The summed E-state index contributed by atoms with van der Waals surface area (Å²) in [5, 5.41) is 15.0. The van der Waals surface area contributed by atoms with Gasteiger partial charge in [-0.05, 0) is 35.7 Å². The Balaban J connectivity index is 1.83. The predicted molar refractivity (Wildman–Crippen MR) is 103 cm³/mol. The number of rotatable bonds is 4. The fourth-order valence-corrected chi connectivity index (χ4v) is 2.70. The molecule has 0 heterocycles. The zero-order valence-electron chi connectivity index (χ0n) is 14.3. The van der Waals surface area contributed by atoms with Crippen LogP contribution in [0, 0.1) is 0 Å². The summed E-state index contributed by atoms with van der Waals surface area (Å²) < 4.78 is 5.22. The van der Waals surface area contributed by atoms with Crippen LogP contribution in [0.15, 0.2) is 59.7 Å². The van der Waals surface area contributed by atoms with Crippen LogP contribution in [0.1, 0.15) is 22.8 Å². The van der Waals surface area contributed by atoms with Gasteiger partial charge in [-0.25, -0.2) is 5.43 Å². The van der Waals surface area contributed by atoms with Crippen LogP contribution in [-0.2, 0) is 4.79 Å². The third kappa shape index (κ3) is 4.24. The van der Waals surface area contributed by atoms with Crippen molar-refractivity contribution in [2.75, 3.05) is 0 Å². The number of hydrazone groups is 1. The molecule has 0 spiro atoms. The highest BCUT2D eigenvalue weighted by Gasteiger charge is 2.09. The molecule has 0 unspecified atom stereocenters. The molecule has 0 saturated heterocycles. The minimum atomic E-state index is -0.464. The Labute approximate surface area is 160 Å². The number of carbonyl (C=O) groups is 2. The quantitative estimate of drug-likeness (QED) is 0.310. The monoisotopic (exact) mass is 382 g/mol. The Morgan fingerprint density at radius 3 is 2.56 bits per heavy atom. The molecule has 0 radical (unpaired) electrons. The van der Waals surface area contributed by atoms with Crippen molar-refractivity contribution >= 4 is 40.5 Å². The van der Waals surface area contributed by atoms with Crippen LogP contribution in [0.25, 0.3) is 10.8 Å². The molecule has 136 valence electrons. The number of fused-ring (bicyclic) bond motifs is 1. The lowest BCUT2D eigenvalue weighted by Crippen LogP contribution is -2.17. The van der Waals surface area contributed by atoms with E-state index >= 15 is 0 Å². The number of hydrogen-bond donors (Lipinski definition) is 2. The molecule has 0 atom stereocenters. The normalized spacial score (nSPS) is 10.9. The molecule has 3 rings (SSSR count).